The molecule has 1 aromatic heterocycles. The van der Waals surface area contributed by atoms with Crippen molar-refractivity contribution in [2.75, 3.05) is 37.0 Å². The standard InChI is InChI=1S/C22H36FN7O3/c1-14-15(2)30(10-9-28(14)4)21-19(23)20(24-16(3)25-21)26-27-22(32)18(12-29(33)13-31)11-17-7-5-6-8-17/h13-15,17-18,33H,5-12H2,1-4H3,(H,27,32)(H,24,25,26)/t14-,15-,18-/m1/s1. The Morgan fingerprint density at radius 3 is 2.64 bits per heavy atom. The minimum atomic E-state index is -0.631. The Balaban J connectivity index is 1.72. The summed E-state index contributed by atoms with van der Waals surface area (Å²) in [7, 11) is 2.04. The van der Waals surface area contributed by atoms with Crippen molar-refractivity contribution in [3.63, 3.8) is 0 Å². The van der Waals surface area contributed by atoms with Crippen LogP contribution < -0.4 is 15.8 Å². The van der Waals surface area contributed by atoms with E-state index in [0.717, 1.165) is 32.2 Å². The van der Waals surface area contributed by atoms with Gasteiger partial charge in [-0.25, -0.2) is 15.0 Å². The molecule has 33 heavy (non-hydrogen) atoms. The van der Waals surface area contributed by atoms with Gasteiger partial charge in [-0.2, -0.15) is 4.39 Å². The molecule has 0 unspecified atom stereocenters. The first-order chi connectivity index (χ1) is 15.7. The molecule has 184 valence electrons. The molecule has 3 N–H and O–H groups in total. The zero-order valence-electron chi connectivity index (χ0n) is 19.9. The molecule has 0 radical (unpaired) electrons. The zero-order valence-corrected chi connectivity index (χ0v) is 19.9. The molecule has 2 amide bonds. The molecule has 1 saturated carbocycles. The minimum Gasteiger partial charge on any atom is -0.348 e. The molecular formula is C22H36FN7O3. The summed E-state index contributed by atoms with van der Waals surface area (Å²) < 4.78 is 15.4. The minimum absolute atomic E-state index is 0.0460. The lowest BCUT2D eigenvalue weighted by molar-refractivity contribution is -0.154. The average molecular weight is 466 g/mol. The van der Waals surface area contributed by atoms with Gasteiger partial charge in [-0.1, -0.05) is 25.7 Å². The summed E-state index contributed by atoms with van der Waals surface area (Å²) in [6.45, 7) is 7.09. The maximum absolute atomic E-state index is 15.4. The van der Waals surface area contributed by atoms with Crippen LogP contribution in [0.5, 0.6) is 0 Å². The fourth-order valence-corrected chi connectivity index (χ4v) is 4.82. The number of anilines is 2. The van der Waals surface area contributed by atoms with E-state index >= 15 is 4.39 Å². The second kappa shape index (κ2) is 11.1. The smallest absolute Gasteiger partial charge is 0.243 e. The number of carbonyl (C=O) groups is 2. The van der Waals surface area contributed by atoms with E-state index in [0.29, 0.717) is 29.8 Å². The predicted octanol–water partition coefficient (Wildman–Crippen LogP) is 1.94. The number of hydrazine groups is 1. The highest BCUT2D eigenvalue weighted by Crippen LogP contribution is 2.31. The summed E-state index contributed by atoms with van der Waals surface area (Å²) >= 11 is 0. The number of aromatic nitrogens is 2. The summed E-state index contributed by atoms with van der Waals surface area (Å²) in [5, 5.41) is 10.1. The van der Waals surface area contributed by atoms with Crippen molar-refractivity contribution in [1.29, 1.82) is 0 Å². The average Bonchev–Trinajstić information content (AvgIpc) is 3.30. The Kier molecular flexibility index (Phi) is 8.41. The number of nitrogens with one attached hydrogen (secondary N) is 2. The number of hydroxylamine groups is 2. The third-order valence-corrected chi connectivity index (χ3v) is 7.09. The molecule has 0 aromatic carbocycles. The molecular weight excluding hydrogens is 429 g/mol. The van der Waals surface area contributed by atoms with E-state index in [9.17, 15) is 14.8 Å². The molecule has 11 heteroatoms. The van der Waals surface area contributed by atoms with Crippen LogP contribution in [0, 0.1) is 24.6 Å². The predicted molar refractivity (Wildman–Crippen MR) is 122 cm³/mol. The monoisotopic (exact) mass is 465 g/mol. The van der Waals surface area contributed by atoms with E-state index < -0.39 is 17.6 Å². The SMILES string of the molecule is Cc1nc(NNC(=O)[C@H](CC2CCCC2)CN(O)C=O)c(F)c(N2CCN(C)[C@H](C)[C@H]2C)n1. The van der Waals surface area contributed by atoms with Gasteiger partial charge < -0.3 is 4.90 Å². The number of aryl methyl sites for hydroxylation is 1. The molecule has 3 atom stereocenters. The van der Waals surface area contributed by atoms with Crippen molar-refractivity contribution >= 4 is 24.0 Å². The van der Waals surface area contributed by atoms with Gasteiger partial charge in [0.1, 0.15) is 5.82 Å². The van der Waals surface area contributed by atoms with Gasteiger partial charge in [-0.05, 0) is 40.2 Å². The Labute approximate surface area is 194 Å². The number of hydrogen-bond donors (Lipinski definition) is 3. The summed E-state index contributed by atoms with van der Waals surface area (Å²) in [6.07, 6.45) is 5.10. The van der Waals surface area contributed by atoms with Crippen LogP contribution in [0.25, 0.3) is 0 Å². The summed E-state index contributed by atoms with van der Waals surface area (Å²) in [6, 6.07) is 0.268. The first-order valence-electron chi connectivity index (χ1n) is 11.7. The number of nitrogens with zero attached hydrogens (tertiary/aromatic N) is 5. The van der Waals surface area contributed by atoms with Gasteiger partial charge in [-0.3, -0.25) is 30.5 Å². The molecule has 0 spiro atoms. The number of likely N-dealkylation sites (N-methyl/N-ethyl adjacent to an activating group) is 1. The maximum atomic E-state index is 15.4. The van der Waals surface area contributed by atoms with Crippen molar-refractivity contribution < 1.29 is 19.2 Å². The number of hydrogen-bond acceptors (Lipinski definition) is 8. The molecule has 1 saturated heterocycles. The second-order valence-electron chi connectivity index (χ2n) is 9.34. The van der Waals surface area contributed by atoms with Gasteiger partial charge >= 0.3 is 0 Å². The van der Waals surface area contributed by atoms with Crippen LogP contribution in [0.2, 0.25) is 0 Å². The molecule has 10 nitrogen and oxygen atoms in total. The summed E-state index contributed by atoms with van der Waals surface area (Å²) in [5.74, 6) is -0.842. The molecule has 2 fully saturated rings. The van der Waals surface area contributed by atoms with Gasteiger partial charge in [0.05, 0.1) is 12.5 Å². The van der Waals surface area contributed by atoms with Crippen molar-refractivity contribution in [3.8, 4) is 0 Å². The highest BCUT2D eigenvalue weighted by Gasteiger charge is 2.32. The molecule has 2 aliphatic rings. The van der Waals surface area contributed by atoms with Gasteiger partial charge in [0, 0.05) is 25.2 Å². The molecule has 1 aliphatic heterocycles. The van der Waals surface area contributed by atoms with E-state index in [1.54, 1.807) is 6.92 Å². The van der Waals surface area contributed by atoms with Crippen molar-refractivity contribution in [3.05, 3.63) is 11.6 Å². The normalized spacial score (nSPS) is 22.8. The molecule has 0 bridgehead atoms. The number of carbonyl (C=O) groups excluding carboxylic acids is 2. The second-order valence-corrected chi connectivity index (χ2v) is 9.34. The zero-order chi connectivity index (χ0) is 24.1. The van der Waals surface area contributed by atoms with Crippen LogP contribution in [0.15, 0.2) is 0 Å². The fourth-order valence-electron chi connectivity index (χ4n) is 4.82. The lowest BCUT2D eigenvalue weighted by atomic mass is 9.92. The maximum Gasteiger partial charge on any atom is 0.243 e. The Bertz CT molecular complexity index is 836. The third-order valence-electron chi connectivity index (χ3n) is 7.09. The number of halogens is 1. The number of amides is 2. The Morgan fingerprint density at radius 2 is 1.97 bits per heavy atom. The van der Waals surface area contributed by atoms with Crippen molar-refractivity contribution in [1.82, 2.24) is 25.4 Å². The van der Waals surface area contributed by atoms with Crippen LogP contribution in [-0.2, 0) is 9.59 Å². The first-order valence-corrected chi connectivity index (χ1v) is 11.7. The number of piperazine rings is 1. The Morgan fingerprint density at radius 1 is 1.27 bits per heavy atom. The van der Waals surface area contributed by atoms with E-state index in [4.69, 9.17) is 0 Å². The van der Waals surface area contributed by atoms with Crippen LogP contribution in [0.3, 0.4) is 0 Å². The van der Waals surface area contributed by atoms with Crippen molar-refractivity contribution in [2.45, 2.75) is 65.0 Å². The number of rotatable bonds is 9. The Hall–Kier alpha value is -2.53. The van der Waals surface area contributed by atoms with E-state index in [-0.39, 0.29) is 36.7 Å². The lowest BCUT2D eigenvalue weighted by Gasteiger charge is -2.44. The van der Waals surface area contributed by atoms with Gasteiger partial charge in [0.2, 0.25) is 18.1 Å². The van der Waals surface area contributed by atoms with Crippen LogP contribution >= 0.6 is 0 Å². The van der Waals surface area contributed by atoms with Crippen molar-refractivity contribution in [2.24, 2.45) is 11.8 Å². The largest absolute Gasteiger partial charge is 0.348 e. The molecule has 1 aliphatic carbocycles. The highest BCUT2D eigenvalue weighted by molar-refractivity contribution is 5.80. The van der Waals surface area contributed by atoms with Crippen LogP contribution in [0.1, 0.15) is 51.8 Å². The first kappa shape index (κ1) is 25.1. The summed E-state index contributed by atoms with van der Waals surface area (Å²) in [4.78, 5) is 36.4. The van der Waals surface area contributed by atoms with Crippen LogP contribution in [0.4, 0.5) is 16.0 Å². The molecule has 2 heterocycles. The van der Waals surface area contributed by atoms with E-state index in [2.05, 4.69) is 32.6 Å². The topological polar surface area (TPSA) is 114 Å². The fraction of sp³-hybridized carbons (Fsp3) is 0.727. The summed E-state index contributed by atoms with van der Waals surface area (Å²) in [5.41, 5.74) is 5.14. The van der Waals surface area contributed by atoms with Gasteiger partial charge in [0.15, 0.2) is 11.6 Å². The highest BCUT2D eigenvalue weighted by atomic mass is 19.1. The van der Waals surface area contributed by atoms with Crippen LogP contribution in [-0.4, -0.2) is 76.2 Å². The van der Waals surface area contributed by atoms with Gasteiger partial charge in [-0.15, -0.1) is 0 Å². The van der Waals surface area contributed by atoms with E-state index in [1.165, 1.54) is 0 Å². The lowest BCUT2D eigenvalue weighted by Crippen LogP contribution is -2.56. The molecule has 3 rings (SSSR count). The van der Waals surface area contributed by atoms with E-state index in [1.807, 2.05) is 18.9 Å². The molecule has 1 aromatic rings. The van der Waals surface area contributed by atoms with Gasteiger partial charge in [0.25, 0.3) is 0 Å². The third kappa shape index (κ3) is 6.08. The quantitative estimate of drug-likeness (QED) is 0.288.